The predicted molar refractivity (Wildman–Crippen MR) is 73.8 cm³/mol. The van der Waals surface area contributed by atoms with Crippen LogP contribution in [0.2, 0.25) is 0 Å². The highest BCUT2D eigenvalue weighted by atomic mass is 16.3. The number of para-hydroxylation sites is 1. The van der Waals surface area contributed by atoms with Crippen LogP contribution in [0.1, 0.15) is 25.3 Å². The maximum Gasteiger partial charge on any atom is 0.0863 e. The minimum absolute atomic E-state index is 0.139. The van der Waals surface area contributed by atoms with E-state index in [-0.39, 0.29) is 6.04 Å². The molecule has 0 amide bonds. The number of anilines is 1. The summed E-state index contributed by atoms with van der Waals surface area (Å²) in [6.07, 6.45) is 3.22. The van der Waals surface area contributed by atoms with Gasteiger partial charge in [0, 0.05) is 18.2 Å². The molecule has 3 atom stereocenters. The molecule has 0 spiro atoms. The van der Waals surface area contributed by atoms with Crippen LogP contribution >= 0.6 is 0 Å². The zero-order valence-corrected chi connectivity index (χ0v) is 10.9. The second-order valence-electron chi connectivity index (χ2n) is 5.83. The van der Waals surface area contributed by atoms with Gasteiger partial charge in [0.25, 0.3) is 0 Å². The Morgan fingerprint density at radius 1 is 1.33 bits per heavy atom. The van der Waals surface area contributed by atoms with Crippen molar-refractivity contribution in [3.05, 3.63) is 29.8 Å². The van der Waals surface area contributed by atoms with Gasteiger partial charge in [-0.25, -0.2) is 0 Å². The Hall–Kier alpha value is -1.06. The highest BCUT2D eigenvalue weighted by molar-refractivity contribution is 5.57. The minimum Gasteiger partial charge on any atom is -0.388 e. The third kappa shape index (κ3) is 2.02. The Balaban J connectivity index is 1.76. The zero-order chi connectivity index (χ0) is 12.6. The minimum atomic E-state index is -0.646. The van der Waals surface area contributed by atoms with E-state index in [4.69, 9.17) is 0 Å². The van der Waals surface area contributed by atoms with Crippen LogP contribution in [0.4, 0.5) is 5.69 Å². The highest BCUT2D eigenvalue weighted by Gasteiger charge is 2.42. The van der Waals surface area contributed by atoms with Crippen LogP contribution in [0.5, 0.6) is 0 Å². The lowest BCUT2D eigenvalue weighted by molar-refractivity contribution is -0.0253. The van der Waals surface area contributed by atoms with Crippen molar-refractivity contribution in [2.75, 3.05) is 18.4 Å². The standard InChI is InChI=1S/C15H22N2O/c1-15(18,12-6-4-8-16-10-12)14-9-11-5-2-3-7-13(11)17-14/h2-3,5,7,12,14,16-18H,4,6,8-10H2,1H3. The molecule has 0 radical (unpaired) electrons. The molecule has 2 aliphatic rings. The first-order chi connectivity index (χ1) is 8.68. The maximum atomic E-state index is 10.9. The number of hydrogen-bond donors (Lipinski definition) is 3. The van der Waals surface area contributed by atoms with Crippen LogP contribution in [-0.2, 0) is 6.42 Å². The summed E-state index contributed by atoms with van der Waals surface area (Å²) in [5.41, 5.74) is 1.87. The molecule has 3 N–H and O–H groups in total. The van der Waals surface area contributed by atoms with E-state index in [1.54, 1.807) is 0 Å². The molecule has 1 saturated heterocycles. The average Bonchev–Trinajstić information content (AvgIpc) is 2.84. The van der Waals surface area contributed by atoms with Gasteiger partial charge in [-0.1, -0.05) is 18.2 Å². The molecule has 0 aromatic heterocycles. The zero-order valence-electron chi connectivity index (χ0n) is 10.9. The summed E-state index contributed by atoms with van der Waals surface area (Å²) in [6.45, 7) is 4.01. The van der Waals surface area contributed by atoms with Crippen molar-refractivity contribution in [2.45, 2.75) is 37.8 Å². The van der Waals surface area contributed by atoms with Crippen molar-refractivity contribution in [3.8, 4) is 0 Å². The Morgan fingerprint density at radius 2 is 2.17 bits per heavy atom. The van der Waals surface area contributed by atoms with Crippen LogP contribution in [0.15, 0.2) is 24.3 Å². The van der Waals surface area contributed by atoms with Gasteiger partial charge in [0.1, 0.15) is 0 Å². The summed E-state index contributed by atoms with van der Waals surface area (Å²) < 4.78 is 0. The Morgan fingerprint density at radius 3 is 2.89 bits per heavy atom. The van der Waals surface area contributed by atoms with Crippen LogP contribution in [-0.4, -0.2) is 29.8 Å². The number of benzene rings is 1. The Kier molecular flexibility index (Phi) is 3.04. The summed E-state index contributed by atoms with van der Waals surface area (Å²) in [5.74, 6) is 0.345. The van der Waals surface area contributed by atoms with Crippen molar-refractivity contribution in [3.63, 3.8) is 0 Å². The van der Waals surface area contributed by atoms with Crippen molar-refractivity contribution in [1.82, 2.24) is 5.32 Å². The fourth-order valence-corrected chi connectivity index (χ4v) is 3.29. The molecule has 98 valence electrons. The first-order valence-electron chi connectivity index (χ1n) is 6.95. The number of piperidine rings is 1. The van der Waals surface area contributed by atoms with Gasteiger partial charge < -0.3 is 15.7 Å². The number of hydrogen-bond acceptors (Lipinski definition) is 3. The monoisotopic (exact) mass is 246 g/mol. The van der Waals surface area contributed by atoms with Gasteiger partial charge in [-0.3, -0.25) is 0 Å². The first kappa shape index (κ1) is 12.0. The van der Waals surface area contributed by atoms with Gasteiger partial charge in [-0.2, -0.15) is 0 Å². The largest absolute Gasteiger partial charge is 0.388 e. The molecule has 1 aromatic carbocycles. The normalized spacial score (nSPS) is 30.3. The highest BCUT2D eigenvalue weighted by Crippen LogP contribution is 2.35. The summed E-state index contributed by atoms with van der Waals surface area (Å²) in [5, 5.41) is 17.8. The molecule has 1 aromatic rings. The molecule has 0 bridgehead atoms. The molecule has 3 heteroatoms. The first-order valence-corrected chi connectivity index (χ1v) is 6.95. The molecule has 1 fully saturated rings. The van der Waals surface area contributed by atoms with Crippen molar-refractivity contribution < 1.29 is 5.11 Å². The lowest BCUT2D eigenvalue weighted by Gasteiger charge is -2.40. The molecular formula is C15H22N2O. The molecular weight excluding hydrogens is 224 g/mol. The van der Waals surface area contributed by atoms with Crippen molar-refractivity contribution in [1.29, 1.82) is 0 Å². The van der Waals surface area contributed by atoms with Crippen LogP contribution in [0.25, 0.3) is 0 Å². The van der Waals surface area contributed by atoms with Gasteiger partial charge >= 0.3 is 0 Å². The fraction of sp³-hybridized carbons (Fsp3) is 0.600. The number of fused-ring (bicyclic) bond motifs is 1. The van der Waals surface area contributed by atoms with E-state index < -0.39 is 5.60 Å². The fourth-order valence-electron chi connectivity index (χ4n) is 3.29. The van der Waals surface area contributed by atoms with E-state index in [2.05, 4.69) is 28.8 Å². The SMILES string of the molecule is CC(O)(C1CCCNC1)C1Cc2ccccc2N1. The number of rotatable bonds is 2. The lowest BCUT2D eigenvalue weighted by Crippen LogP contribution is -2.53. The predicted octanol–water partition coefficient (Wildman–Crippen LogP) is 1.77. The topological polar surface area (TPSA) is 44.3 Å². The van der Waals surface area contributed by atoms with Crippen LogP contribution in [0, 0.1) is 5.92 Å². The third-order valence-electron chi connectivity index (χ3n) is 4.60. The number of aliphatic hydroxyl groups is 1. The molecule has 3 unspecified atom stereocenters. The van der Waals surface area contributed by atoms with Gasteiger partial charge in [-0.15, -0.1) is 0 Å². The molecule has 18 heavy (non-hydrogen) atoms. The second-order valence-corrected chi connectivity index (χ2v) is 5.83. The molecule has 2 aliphatic heterocycles. The van der Waals surface area contributed by atoms with E-state index in [1.807, 2.05) is 13.0 Å². The molecule has 0 aliphatic carbocycles. The van der Waals surface area contributed by atoms with E-state index >= 15 is 0 Å². The summed E-state index contributed by atoms with van der Waals surface area (Å²) in [4.78, 5) is 0. The van der Waals surface area contributed by atoms with E-state index in [9.17, 15) is 5.11 Å². The van der Waals surface area contributed by atoms with Crippen LogP contribution in [0.3, 0.4) is 0 Å². The summed E-state index contributed by atoms with van der Waals surface area (Å²) in [6, 6.07) is 8.51. The molecule has 3 nitrogen and oxygen atoms in total. The quantitative estimate of drug-likeness (QED) is 0.745. The molecule has 0 saturated carbocycles. The van der Waals surface area contributed by atoms with Gasteiger partial charge in [-0.05, 0) is 44.4 Å². The smallest absolute Gasteiger partial charge is 0.0863 e. The van der Waals surface area contributed by atoms with Crippen molar-refractivity contribution >= 4 is 5.69 Å². The van der Waals surface area contributed by atoms with Crippen LogP contribution < -0.4 is 10.6 Å². The molecule has 3 rings (SSSR count). The summed E-state index contributed by atoms with van der Waals surface area (Å²) in [7, 11) is 0. The second kappa shape index (κ2) is 4.56. The van der Waals surface area contributed by atoms with E-state index in [0.29, 0.717) is 5.92 Å². The average molecular weight is 246 g/mol. The van der Waals surface area contributed by atoms with E-state index in [0.717, 1.165) is 25.9 Å². The van der Waals surface area contributed by atoms with Crippen molar-refractivity contribution in [2.24, 2.45) is 5.92 Å². The Bertz CT molecular complexity index is 399. The maximum absolute atomic E-state index is 10.9. The van der Waals surface area contributed by atoms with Gasteiger partial charge in [0.15, 0.2) is 0 Å². The molecule has 2 heterocycles. The third-order valence-corrected chi connectivity index (χ3v) is 4.60. The summed E-state index contributed by atoms with van der Waals surface area (Å²) >= 11 is 0. The Labute approximate surface area is 109 Å². The lowest BCUT2D eigenvalue weighted by atomic mass is 9.77. The van der Waals surface area contributed by atoms with E-state index in [1.165, 1.54) is 17.7 Å². The van der Waals surface area contributed by atoms with Gasteiger partial charge in [0.05, 0.1) is 11.6 Å². The number of nitrogens with one attached hydrogen (secondary N) is 2. The van der Waals surface area contributed by atoms with Gasteiger partial charge in [0.2, 0.25) is 0 Å².